The van der Waals surface area contributed by atoms with Crippen molar-refractivity contribution in [1.82, 2.24) is 0 Å². The summed E-state index contributed by atoms with van der Waals surface area (Å²) in [6, 6.07) is 12.2. The lowest BCUT2D eigenvalue weighted by atomic mass is 10.2. The van der Waals surface area contributed by atoms with Gasteiger partial charge in [0.15, 0.2) is 0 Å². The van der Waals surface area contributed by atoms with Crippen molar-refractivity contribution >= 4 is 23.4 Å². The van der Waals surface area contributed by atoms with Crippen molar-refractivity contribution in [2.45, 2.75) is 23.3 Å². The second-order valence-corrected chi connectivity index (χ2v) is 5.39. The average molecular weight is 290 g/mol. The Balaban J connectivity index is 2.12. The van der Waals surface area contributed by atoms with Gasteiger partial charge in [0.05, 0.1) is 0 Å². The Bertz CT molecular complexity index is 614. The Kier molecular flexibility index (Phi) is 4.76. The number of rotatable bonds is 4. The van der Waals surface area contributed by atoms with Crippen LogP contribution in [0.4, 0.5) is 10.1 Å². The third kappa shape index (κ3) is 3.82. The summed E-state index contributed by atoms with van der Waals surface area (Å²) in [6.45, 7) is 1.78. The van der Waals surface area contributed by atoms with Crippen LogP contribution >= 0.6 is 11.8 Å². The first-order valence-electron chi connectivity index (χ1n) is 6.12. The number of carbonyl (C=O) groups is 1. The Labute approximate surface area is 121 Å². The molecule has 20 heavy (non-hydrogen) atoms. The Hall–Kier alpha value is -1.85. The standard InChI is InChI=1S/C15H15FN2OS/c1-10(19)18-12-3-5-13(6-4-12)20-15-7-2-11(9-17)8-14(15)16/h2-8H,9,17H2,1H3,(H,18,19). The second-order valence-electron chi connectivity index (χ2n) is 4.28. The molecule has 0 heterocycles. The summed E-state index contributed by atoms with van der Waals surface area (Å²) in [4.78, 5) is 12.4. The summed E-state index contributed by atoms with van der Waals surface area (Å²) in [6.07, 6.45) is 0. The summed E-state index contributed by atoms with van der Waals surface area (Å²) in [5.74, 6) is -0.391. The fourth-order valence-corrected chi connectivity index (χ4v) is 2.51. The van der Waals surface area contributed by atoms with E-state index in [1.54, 1.807) is 18.2 Å². The zero-order chi connectivity index (χ0) is 14.5. The van der Waals surface area contributed by atoms with Gasteiger partial charge >= 0.3 is 0 Å². The van der Waals surface area contributed by atoms with Crippen molar-refractivity contribution in [2.75, 3.05) is 5.32 Å². The summed E-state index contributed by atoms with van der Waals surface area (Å²) < 4.78 is 13.8. The van der Waals surface area contributed by atoms with Crippen LogP contribution in [0.1, 0.15) is 12.5 Å². The maximum absolute atomic E-state index is 13.8. The van der Waals surface area contributed by atoms with E-state index >= 15 is 0 Å². The molecular formula is C15H15FN2OS. The summed E-state index contributed by atoms with van der Waals surface area (Å²) in [5.41, 5.74) is 6.96. The number of nitrogens with two attached hydrogens (primary N) is 1. The van der Waals surface area contributed by atoms with E-state index in [0.29, 0.717) is 11.4 Å². The van der Waals surface area contributed by atoms with Gasteiger partial charge in [-0.25, -0.2) is 4.39 Å². The van der Waals surface area contributed by atoms with Gasteiger partial charge < -0.3 is 11.1 Å². The van der Waals surface area contributed by atoms with Crippen molar-refractivity contribution in [2.24, 2.45) is 5.73 Å². The molecule has 0 aromatic heterocycles. The number of halogens is 1. The first kappa shape index (κ1) is 14.6. The highest BCUT2D eigenvalue weighted by Crippen LogP contribution is 2.30. The van der Waals surface area contributed by atoms with Crippen LogP contribution in [0.15, 0.2) is 52.3 Å². The molecule has 104 valence electrons. The van der Waals surface area contributed by atoms with E-state index in [2.05, 4.69) is 5.32 Å². The summed E-state index contributed by atoms with van der Waals surface area (Å²) in [7, 11) is 0. The zero-order valence-electron chi connectivity index (χ0n) is 11.0. The normalized spacial score (nSPS) is 10.3. The van der Waals surface area contributed by atoms with Gasteiger partial charge in [-0.1, -0.05) is 17.8 Å². The molecular weight excluding hydrogens is 275 g/mol. The minimum atomic E-state index is -0.274. The van der Waals surface area contributed by atoms with Gasteiger partial charge in [-0.15, -0.1) is 0 Å². The minimum absolute atomic E-state index is 0.117. The molecule has 0 fully saturated rings. The quantitative estimate of drug-likeness (QED) is 0.907. The van der Waals surface area contributed by atoms with E-state index in [9.17, 15) is 9.18 Å². The van der Waals surface area contributed by atoms with Gasteiger partial charge in [0.1, 0.15) is 5.82 Å². The summed E-state index contributed by atoms with van der Waals surface area (Å²) in [5, 5.41) is 2.69. The van der Waals surface area contributed by atoms with Crippen molar-refractivity contribution in [3.05, 3.63) is 53.8 Å². The molecule has 0 unspecified atom stereocenters. The number of anilines is 1. The molecule has 5 heteroatoms. The van der Waals surface area contributed by atoms with Crippen LogP contribution in [0.3, 0.4) is 0 Å². The van der Waals surface area contributed by atoms with Crippen molar-refractivity contribution in [3.63, 3.8) is 0 Å². The molecule has 0 saturated heterocycles. The third-order valence-corrected chi connectivity index (χ3v) is 3.69. The number of nitrogens with one attached hydrogen (secondary N) is 1. The molecule has 3 nitrogen and oxygen atoms in total. The molecule has 0 aliphatic carbocycles. The van der Waals surface area contributed by atoms with Crippen molar-refractivity contribution < 1.29 is 9.18 Å². The van der Waals surface area contributed by atoms with Gasteiger partial charge in [-0.3, -0.25) is 4.79 Å². The fourth-order valence-electron chi connectivity index (χ4n) is 1.69. The number of hydrogen-bond donors (Lipinski definition) is 2. The SMILES string of the molecule is CC(=O)Nc1ccc(Sc2ccc(CN)cc2F)cc1. The first-order valence-corrected chi connectivity index (χ1v) is 6.94. The number of benzene rings is 2. The predicted octanol–water partition coefficient (Wildman–Crippen LogP) is 3.39. The molecule has 0 radical (unpaired) electrons. The number of hydrogen-bond acceptors (Lipinski definition) is 3. The average Bonchev–Trinajstić information content (AvgIpc) is 2.42. The first-order chi connectivity index (χ1) is 9.58. The molecule has 3 N–H and O–H groups in total. The molecule has 0 aliphatic rings. The molecule has 0 aliphatic heterocycles. The van der Waals surface area contributed by atoms with Crippen molar-refractivity contribution in [3.8, 4) is 0 Å². The molecule has 2 aromatic rings. The molecule has 2 aromatic carbocycles. The second kappa shape index (κ2) is 6.54. The van der Waals surface area contributed by atoms with E-state index in [1.807, 2.05) is 18.2 Å². The van der Waals surface area contributed by atoms with Gasteiger partial charge in [0.25, 0.3) is 0 Å². The topological polar surface area (TPSA) is 55.1 Å². The Morgan fingerprint density at radius 2 is 1.95 bits per heavy atom. The third-order valence-electron chi connectivity index (χ3n) is 2.63. The maximum Gasteiger partial charge on any atom is 0.221 e. The number of amides is 1. The fraction of sp³-hybridized carbons (Fsp3) is 0.133. The van der Waals surface area contributed by atoms with Crippen LogP contribution in [0.5, 0.6) is 0 Å². The van der Waals surface area contributed by atoms with Crippen LogP contribution in [0.25, 0.3) is 0 Å². The molecule has 1 amide bonds. The molecule has 2 rings (SSSR count). The lowest BCUT2D eigenvalue weighted by molar-refractivity contribution is -0.114. The molecule has 0 bridgehead atoms. The molecule has 0 spiro atoms. The van der Waals surface area contributed by atoms with Crippen LogP contribution in [0, 0.1) is 5.82 Å². The Morgan fingerprint density at radius 1 is 1.25 bits per heavy atom. The van der Waals surface area contributed by atoms with Crippen molar-refractivity contribution in [1.29, 1.82) is 0 Å². The van der Waals surface area contributed by atoms with E-state index in [0.717, 1.165) is 16.1 Å². The summed E-state index contributed by atoms with van der Waals surface area (Å²) >= 11 is 1.33. The van der Waals surface area contributed by atoms with E-state index in [-0.39, 0.29) is 11.7 Å². The van der Waals surface area contributed by atoms with Gasteiger partial charge in [0, 0.05) is 28.9 Å². The molecule has 0 atom stereocenters. The smallest absolute Gasteiger partial charge is 0.221 e. The van der Waals surface area contributed by atoms with Crippen LogP contribution in [0.2, 0.25) is 0 Å². The van der Waals surface area contributed by atoms with E-state index < -0.39 is 0 Å². The van der Waals surface area contributed by atoms with Gasteiger partial charge in [-0.2, -0.15) is 0 Å². The monoisotopic (exact) mass is 290 g/mol. The Morgan fingerprint density at radius 3 is 2.50 bits per heavy atom. The van der Waals surface area contributed by atoms with E-state index in [1.165, 1.54) is 24.8 Å². The van der Waals surface area contributed by atoms with Crippen LogP contribution in [-0.2, 0) is 11.3 Å². The van der Waals surface area contributed by atoms with Crippen LogP contribution in [-0.4, -0.2) is 5.91 Å². The molecule has 0 saturated carbocycles. The zero-order valence-corrected chi connectivity index (χ0v) is 11.8. The lowest BCUT2D eigenvalue weighted by Gasteiger charge is -2.06. The highest BCUT2D eigenvalue weighted by molar-refractivity contribution is 7.99. The minimum Gasteiger partial charge on any atom is -0.326 e. The largest absolute Gasteiger partial charge is 0.326 e. The number of carbonyl (C=O) groups excluding carboxylic acids is 1. The van der Waals surface area contributed by atoms with Crippen LogP contribution < -0.4 is 11.1 Å². The maximum atomic E-state index is 13.8. The predicted molar refractivity (Wildman–Crippen MR) is 79.2 cm³/mol. The highest BCUT2D eigenvalue weighted by atomic mass is 32.2. The van der Waals surface area contributed by atoms with Gasteiger partial charge in [-0.05, 0) is 42.0 Å². The lowest BCUT2D eigenvalue weighted by Crippen LogP contribution is -2.05. The van der Waals surface area contributed by atoms with E-state index in [4.69, 9.17) is 5.73 Å². The van der Waals surface area contributed by atoms with Gasteiger partial charge in [0.2, 0.25) is 5.91 Å². The highest BCUT2D eigenvalue weighted by Gasteiger charge is 2.05.